The molecule has 0 aliphatic heterocycles. The summed E-state index contributed by atoms with van der Waals surface area (Å²) in [5.74, 6) is 0.241. The molecule has 1 aromatic heterocycles. The molecule has 7 heteroatoms. The van der Waals surface area contributed by atoms with Crippen molar-refractivity contribution in [2.24, 2.45) is 5.10 Å². The molecule has 21 heavy (non-hydrogen) atoms. The number of aromatic nitrogens is 3. The Kier molecular flexibility index (Phi) is 3.30. The van der Waals surface area contributed by atoms with Crippen LogP contribution in [0.15, 0.2) is 52.5 Å². The van der Waals surface area contributed by atoms with Crippen molar-refractivity contribution in [3.05, 3.63) is 58.5 Å². The third-order valence-corrected chi connectivity index (χ3v) is 2.89. The highest BCUT2D eigenvalue weighted by Gasteiger charge is 2.04. The molecule has 0 aliphatic carbocycles. The van der Waals surface area contributed by atoms with Crippen molar-refractivity contribution < 1.29 is 5.11 Å². The zero-order chi connectivity index (χ0) is 14.7. The summed E-state index contributed by atoms with van der Waals surface area (Å²) in [6.45, 7) is 0. The summed E-state index contributed by atoms with van der Waals surface area (Å²) in [7, 11) is 0. The van der Waals surface area contributed by atoms with Gasteiger partial charge in [0.15, 0.2) is 0 Å². The number of nitrogens with zero attached hydrogens (tertiary/aromatic N) is 3. The Bertz CT molecular complexity index is 872. The molecule has 3 rings (SSSR count). The standard InChI is InChI=1S/C14H11N5O2/c20-12-6-5-9-3-1-2-4-10(9)11(12)7-15-18-14-17-13(21)8-16-19-14/h1-8,20H,(H2,17,18,19,21). The molecule has 3 N–H and O–H groups in total. The van der Waals surface area contributed by atoms with Gasteiger partial charge in [0.1, 0.15) is 11.9 Å². The van der Waals surface area contributed by atoms with Gasteiger partial charge in [-0.2, -0.15) is 5.10 Å². The van der Waals surface area contributed by atoms with Crippen LogP contribution in [-0.2, 0) is 0 Å². The van der Waals surface area contributed by atoms with E-state index in [4.69, 9.17) is 0 Å². The van der Waals surface area contributed by atoms with Gasteiger partial charge in [-0.25, -0.2) is 5.43 Å². The summed E-state index contributed by atoms with van der Waals surface area (Å²) in [6, 6.07) is 11.1. The van der Waals surface area contributed by atoms with Gasteiger partial charge in [-0.05, 0) is 16.8 Å². The van der Waals surface area contributed by atoms with Crippen molar-refractivity contribution in [1.82, 2.24) is 15.2 Å². The second-order valence-electron chi connectivity index (χ2n) is 4.27. The molecule has 0 bridgehead atoms. The number of aromatic amines is 1. The zero-order valence-corrected chi connectivity index (χ0v) is 10.8. The van der Waals surface area contributed by atoms with Gasteiger partial charge in [-0.1, -0.05) is 30.3 Å². The number of hydrogen-bond donors (Lipinski definition) is 3. The minimum Gasteiger partial charge on any atom is -0.507 e. The molecular weight excluding hydrogens is 270 g/mol. The van der Waals surface area contributed by atoms with E-state index in [0.29, 0.717) is 5.56 Å². The van der Waals surface area contributed by atoms with Crippen LogP contribution < -0.4 is 11.0 Å². The van der Waals surface area contributed by atoms with E-state index in [1.54, 1.807) is 6.07 Å². The number of hydrazone groups is 1. The van der Waals surface area contributed by atoms with E-state index in [0.717, 1.165) is 17.0 Å². The molecule has 0 aliphatic rings. The number of phenols is 1. The summed E-state index contributed by atoms with van der Waals surface area (Å²) in [5, 5.41) is 22.9. The Morgan fingerprint density at radius 2 is 2.10 bits per heavy atom. The molecule has 0 saturated carbocycles. The topological polar surface area (TPSA) is 103 Å². The third kappa shape index (κ3) is 2.71. The van der Waals surface area contributed by atoms with Gasteiger partial charge in [0, 0.05) is 5.56 Å². The van der Waals surface area contributed by atoms with Gasteiger partial charge in [-0.15, -0.1) is 10.2 Å². The first kappa shape index (κ1) is 12.8. The summed E-state index contributed by atoms with van der Waals surface area (Å²) in [5.41, 5.74) is 2.75. The Morgan fingerprint density at radius 1 is 1.24 bits per heavy atom. The lowest BCUT2D eigenvalue weighted by Crippen LogP contribution is -2.10. The van der Waals surface area contributed by atoms with Crippen molar-refractivity contribution in [2.45, 2.75) is 0 Å². The predicted molar refractivity (Wildman–Crippen MR) is 79.5 cm³/mol. The van der Waals surface area contributed by atoms with Crippen molar-refractivity contribution in [1.29, 1.82) is 0 Å². The second-order valence-corrected chi connectivity index (χ2v) is 4.27. The van der Waals surface area contributed by atoms with E-state index in [1.807, 2.05) is 30.3 Å². The number of phenolic OH excluding ortho intramolecular Hbond substituents is 1. The van der Waals surface area contributed by atoms with Crippen LogP contribution in [0.5, 0.6) is 5.75 Å². The average Bonchev–Trinajstić information content (AvgIpc) is 2.50. The van der Waals surface area contributed by atoms with E-state index < -0.39 is 0 Å². The van der Waals surface area contributed by atoms with Crippen LogP contribution in [0.2, 0.25) is 0 Å². The molecule has 0 radical (unpaired) electrons. The van der Waals surface area contributed by atoms with E-state index in [2.05, 4.69) is 25.7 Å². The second kappa shape index (κ2) is 5.41. The van der Waals surface area contributed by atoms with Gasteiger partial charge in [-0.3, -0.25) is 9.78 Å². The Balaban J connectivity index is 1.92. The predicted octanol–water partition coefficient (Wildman–Crippen LogP) is 1.47. The van der Waals surface area contributed by atoms with Crippen molar-refractivity contribution >= 4 is 22.9 Å². The van der Waals surface area contributed by atoms with Crippen molar-refractivity contribution in [3.63, 3.8) is 0 Å². The summed E-state index contributed by atoms with van der Waals surface area (Å²) >= 11 is 0. The molecule has 0 unspecified atom stereocenters. The molecular formula is C14H11N5O2. The Labute approximate surface area is 119 Å². The number of rotatable bonds is 3. The average molecular weight is 281 g/mol. The molecule has 2 aromatic carbocycles. The van der Waals surface area contributed by atoms with Gasteiger partial charge >= 0.3 is 0 Å². The highest BCUT2D eigenvalue weighted by Crippen LogP contribution is 2.25. The summed E-state index contributed by atoms with van der Waals surface area (Å²) < 4.78 is 0. The van der Waals surface area contributed by atoms with Crippen LogP contribution >= 0.6 is 0 Å². The Hall–Kier alpha value is -3.22. The molecule has 104 valence electrons. The van der Waals surface area contributed by atoms with Crippen LogP contribution in [0.3, 0.4) is 0 Å². The number of aromatic hydroxyl groups is 1. The molecule has 3 aromatic rings. The normalized spacial score (nSPS) is 11.0. The lowest BCUT2D eigenvalue weighted by molar-refractivity contribution is 0.475. The number of hydrogen-bond acceptors (Lipinski definition) is 6. The fourth-order valence-electron chi connectivity index (χ4n) is 1.94. The first-order chi connectivity index (χ1) is 10.2. The highest BCUT2D eigenvalue weighted by molar-refractivity contribution is 6.02. The number of fused-ring (bicyclic) bond motifs is 1. The van der Waals surface area contributed by atoms with Gasteiger partial charge in [0.25, 0.3) is 5.56 Å². The number of anilines is 1. The molecule has 0 amide bonds. The molecule has 7 nitrogen and oxygen atoms in total. The monoisotopic (exact) mass is 281 g/mol. The minimum absolute atomic E-state index is 0.117. The fourth-order valence-corrected chi connectivity index (χ4v) is 1.94. The maximum Gasteiger partial charge on any atom is 0.271 e. The Morgan fingerprint density at radius 3 is 2.95 bits per heavy atom. The number of benzene rings is 2. The van der Waals surface area contributed by atoms with Gasteiger partial charge < -0.3 is 5.11 Å². The SMILES string of the molecule is O=c1cnnc(NN=Cc2c(O)ccc3ccccc23)[nH]1. The highest BCUT2D eigenvalue weighted by atomic mass is 16.3. The lowest BCUT2D eigenvalue weighted by atomic mass is 10.0. The molecule has 0 atom stereocenters. The van der Waals surface area contributed by atoms with Crippen LogP contribution in [0.4, 0.5) is 5.95 Å². The van der Waals surface area contributed by atoms with E-state index >= 15 is 0 Å². The first-order valence-electron chi connectivity index (χ1n) is 6.16. The largest absolute Gasteiger partial charge is 0.507 e. The van der Waals surface area contributed by atoms with E-state index in [1.165, 1.54) is 6.21 Å². The maximum atomic E-state index is 11.1. The molecule has 0 spiro atoms. The van der Waals surface area contributed by atoms with Crippen molar-refractivity contribution in [2.75, 3.05) is 5.43 Å². The molecule has 1 heterocycles. The van der Waals surface area contributed by atoms with Crippen molar-refractivity contribution in [3.8, 4) is 5.75 Å². The van der Waals surface area contributed by atoms with Crippen LogP contribution in [0.1, 0.15) is 5.56 Å². The third-order valence-electron chi connectivity index (χ3n) is 2.89. The van der Waals surface area contributed by atoms with Crippen LogP contribution in [-0.4, -0.2) is 26.5 Å². The van der Waals surface area contributed by atoms with E-state index in [-0.39, 0.29) is 17.3 Å². The number of H-pyrrole nitrogens is 1. The molecule has 0 saturated heterocycles. The molecule has 0 fully saturated rings. The zero-order valence-electron chi connectivity index (χ0n) is 10.8. The van der Waals surface area contributed by atoms with Gasteiger partial charge in [0.2, 0.25) is 5.95 Å². The van der Waals surface area contributed by atoms with Gasteiger partial charge in [0.05, 0.1) is 6.21 Å². The van der Waals surface area contributed by atoms with Crippen LogP contribution in [0, 0.1) is 0 Å². The quantitative estimate of drug-likeness (QED) is 0.498. The number of nitrogens with one attached hydrogen (secondary N) is 2. The fraction of sp³-hybridized carbons (Fsp3) is 0. The van der Waals surface area contributed by atoms with E-state index in [9.17, 15) is 9.90 Å². The van der Waals surface area contributed by atoms with Crippen LogP contribution in [0.25, 0.3) is 10.8 Å². The lowest BCUT2D eigenvalue weighted by Gasteiger charge is -2.04. The first-order valence-corrected chi connectivity index (χ1v) is 6.16. The summed E-state index contributed by atoms with van der Waals surface area (Å²) in [4.78, 5) is 13.5. The maximum absolute atomic E-state index is 11.1. The minimum atomic E-state index is -0.379. The smallest absolute Gasteiger partial charge is 0.271 e. The summed E-state index contributed by atoms with van der Waals surface area (Å²) in [6.07, 6.45) is 2.52.